The van der Waals surface area contributed by atoms with E-state index in [0.29, 0.717) is 0 Å². The van der Waals surface area contributed by atoms with E-state index in [2.05, 4.69) is 76.2 Å². The lowest BCUT2D eigenvalue weighted by molar-refractivity contribution is 0.567. The Bertz CT molecular complexity index is 373. The van der Waals surface area contributed by atoms with E-state index in [9.17, 15) is 9.13 Å². The molecule has 0 saturated heterocycles. The van der Waals surface area contributed by atoms with E-state index >= 15 is 0 Å². The monoisotopic (exact) mass is 354 g/mol. The molecule has 0 bridgehead atoms. The lowest BCUT2D eigenvalue weighted by Crippen LogP contribution is -2.22. The molecule has 0 saturated carbocycles. The summed E-state index contributed by atoms with van der Waals surface area (Å²) in [5.41, 5.74) is 0.421. The highest BCUT2D eigenvalue weighted by atomic mass is 32.5. The van der Waals surface area contributed by atoms with Gasteiger partial charge in [0.15, 0.2) is 0 Å². The van der Waals surface area contributed by atoms with Gasteiger partial charge in [0.25, 0.3) is 0 Å². The van der Waals surface area contributed by atoms with Crippen molar-refractivity contribution < 1.29 is 9.13 Å². The predicted octanol–water partition coefficient (Wildman–Crippen LogP) is 7.46. The highest BCUT2D eigenvalue weighted by Crippen LogP contribution is 3.01. The molecular weight excluding hydrogens is 317 g/mol. The summed E-state index contributed by atoms with van der Waals surface area (Å²) in [6.45, 7) is 17.9. The minimum atomic E-state index is -2.52. The third kappa shape index (κ3) is 4.05. The minimum absolute atomic E-state index is 0.105. The average Bonchev–Trinajstić information content (AvgIpc) is 2.25. The molecule has 0 aliphatic heterocycles. The highest BCUT2D eigenvalue weighted by Gasteiger charge is 2.55. The molecule has 0 aliphatic rings. The molecule has 0 aromatic heterocycles. The van der Waals surface area contributed by atoms with Crippen LogP contribution in [0.25, 0.3) is 0 Å². The summed E-state index contributed by atoms with van der Waals surface area (Å²) in [5.74, 6) is 0. The molecule has 0 aromatic carbocycles. The van der Waals surface area contributed by atoms with Gasteiger partial charge < -0.3 is 9.13 Å². The van der Waals surface area contributed by atoms with Gasteiger partial charge >= 0.3 is 0 Å². The Labute approximate surface area is 134 Å². The molecular formula is C16H37O2P3. The normalized spacial score (nSPS) is 15.0. The number of rotatable bonds is 6. The summed E-state index contributed by atoms with van der Waals surface area (Å²) >= 11 is 0. The molecule has 0 aliphatic carbocycles. The minimum Gasteiger partial charge on any atom is -0.318 e. The first-order chi connectivity index (χ1) is 9.14. The van der Waals surface area contributed by atoms with Crippen molar-refractivity contribution in [3.63, 3.8) is 0 Å². The molecule has 0 radical (unpaired) electrons. The van der Waals surface area contributed by atoms with Crippen LogP contribution in [0.1, 0.15) is 76.2 Å². The predicted molar refractivity (Wildman–Crippen MR) is 102 cm³/mol. The fourth-order valence-electron chi connectivity index (χ4n) is 3.22. The smallest absolute Gasteiger partial charge is 0.120 e. The lowest BCUT2D eigenvalue weighted by Gasteiger charge is -2.48. The van der Waals surface area contributed by atoms with Gasteiger partial charge in [0.1, 0.15) is 13.7 Å². The zero-order chi connectivity index (χ0) is 17.4. The molecule has 0 heterocycles. The molecule has 21 heavy (non-hydrogen) atoms. The zero-order valence-electron chi connectivity index (χ0n) is 16.0. The maximum atomic E-state index is 14.1. The van der Waals surface area contributed by atoms with Crippen molar-refractivity contribution in [3.05, 3.63) is 0 Å². The first-order valence-electron chi connectivity index (χ1n) is 8.14. The van der Waals surface area contributed by atoms with Gasteiger partial charge in [-0.15, -0.1) is 0 Å². The van der Waals surface area contributed by atoms with Gasteiger partial charge in [0.2, 0.25) is 0 Å². The van der Waals surface area contributed by atoms with Crippen LogP contribution in [0, 0.1) is 0 Å². The average molecular weight is 354 g/mol. The summed E-state index contributed by atoms with van der Waals surface area (Å²) < 4.78 is 28.1. The Balaban J connectivity index is 6.54. The van der Waals surface area contributed by atoms with Crippen LogP contribution in [0.5, 0.6) is 0 Å². The summed E-state index contributed by atoms with van der Waals surface area (Å²) in [4.78, 5) is 0. The maximum Gasteiger partial charge on any atom is 0.120 e. The van der Waals surface area contributed by atoms with Crippen molar-refractivity contribution in [2.24, 2.45) is 0 Å². The van der Waals surface area contributed by atoms with Gasteiger partial charge in [0, 0.05) is 29.9 Å². The van der Waals surface area contributed by atoms with Crippen molar-refractivity contribution in [1.29, 1.82) is 0 Å². The second kappa shape index (κ2) is 7.20. The fraction of sp³-hybridized carbons (Fsp3) is 1.00. The van der Waals surface area contributed by atoms with Crippen LogP contribution < -0.4 is 0 Å². The van der Waals surface area contributed by atoms with E-state index in [4.69, 9.17) is 0 Å². The summed E-state index contributed by atoms with van der Waals surface area (Å²) in [6.07, 6.45) is 0. The van der Waals surface area contributed by atoms with E-state index in [1.807, 2.05) is 0 Å². The first-order valence-corrected chi connectivity index (χ1v) is 14.6. The van der Waals surface area contributed by atoms with Crippen LogP contribution in [0.2, 0.25) is 0 Å². The van der Waals surface area contributed by atoms with E-state index in [1.165, 1.54) is 0 Å². The summed E-state index contributed by atoms with van der Waals surface area (Å²) in [6, 6.07) is 0. The van der Waals surface area contributed by atoms with Crippen LogP contribution in [0.15, 0.2) is 0 Å². The molecule has 0 aromatic rings. The molecule has 0 fully saturated rings. The van der Waals surface area contributed by atoms with Crippen molar-refractivity contribution in [3.8, 4) is 0 Å². The number of hydrogen-bond acceptors (Lipinski definition) is 2. The van der Waals surface area contributed by atoms with Gasteiger partial charge in [0.05, 0.1) is 0 Å². The van der Waals surface area contributed by atoms with E-state index < -0.39 is 21.0 Å². The second-order valence-corrected chi connectivity index (χ2v) is 24.0. The zero-order valence-corrected chi connectivity index (χ0v) is 18.7. The van der Waals surface area contributed by atoms with Crippen LogP contribution in [0.4, 0.5) is 0 Å². The van der Waals surface area contributed by atoms with Crippen LogP contribution in [-0.2, 0) is 9.13 Å². The van der Waals surface area contributed by atoms with Gasteiger partial charge in [-0.3, -0.25) is 0 Å². The molecule has 128 valence electrons. The summed E-state index contributed by atoms with van der Waals surface area (Å²) in [5, 5.41) is -0.149. The van der Waals surface area contributed by atoms with Crippen molar-refractivity contribution in [1.82, 2.24) is 0 Å². The van der Waals surface area contributed by atoms with Crippen molar-refractivity contribution in [2.75, 3.05) is 0 Å². The molecule has 2 nitrogen and oxygen atoms in total. The molecule has 0 unspecified atom stereocenters. The first kappa shape index (κ1) is 21.9. The largest absolute Gasteiger partial charge is 0.318 e. The molecule has 0 N–H and O–H groups in total. The Kier molecular flexibility index (Phi) is 7.50. The molecule has 0 atom stereocenters. The highest BCUT2D eigenvalue weighted by molar-refractivity contribution is 8.64. The van der Waals surface area contributed by atoms with Crippen LogP contribution >= 0.6 is 21.0 Å². The molecule has 0 amide bonds. The molecule has 0 rings (SSSR count). The van der Waals surface area contributed by atoms with E-state index in [-0.39, 0.29) is 27.8 Å². The standard InChI is InChI=1S/C16H37O2P3/c1-12(2)20(17,13(3)4)19(16(9,10)11)21(18,14(5)6)15(7)8/h12-15H,1-11H3. The topological polar surface area (TPSA) is 34.1 Å². The van der Waals surface area contributed by atoms with Crippen molar-refractivity contribution in [2.45, 2.75) is 104 Å². The van der Waals surface area contributed by atoms with Crippen LogP contribution in [0.3, 0.4) is 0 Å². The Morgan fingerprint density at radius 2 is 0.810 bits per heavy atom. The Morgan fingerprint density at radius 3 is 0.905 bits per heavy atom. The molecule has 0 spiro atoms. The van der Waals surface area contributed by atoms with E-state index in [1.54, 1.807) is 0 Å². The lowest BCUT2D eigenvalue weighted by atomic mass is 10.3. The summed E-state index contributed by atoms with van der Waals surface area (Å²) in [7, 11) is -1.04. The molecule has 5 heteroatoms. The fourth-order valence-corrected chi connectivity index (χ4v) is 33.2. The quantitative estimate of drug-likeness (QED) is 0.464. The van der Waals surface area contributed by atoms with Crippen molar-refractivity contribution >= 4 is 21.0 Å². The van der Waals surface area contributed by atoms with Crippen LogP contribution in [-0.4, -0.2) is 27.8 Å². The number of hydrogen-bond donors (Lipinski definition) is 0. The third-order valence-electron chi connectivity index (χ3n) is 4.15. The van der Waals surface area contributed by atoms with Gasteiger partial charge in [-0.05, 0) is 5.16 Å². The Morgan fingerprint density at radius 1 is 0.619 bits per heavy atom. The Hall–Kier alpha value is 0.890. The third-order valence-corrected chi connectivity index (χ3v) is 30.2. The maximum absolute atomic E-state index is 14.1. The second-order valence-electron chi connectivity index (χ2n) is 8.18. The van der Waals surface area contributed by atoms with Gasteiger partial charge in [-0.25, -0.2) is 0 Å². The van der Waals surface area contributed by atoms with E-state index in [0.717, 1.165) is 0 Å². The van der Waals surface area contributed by atoms with Gasteiger partial charge in [-0.1, -0.05) is 76.2 Å². The SMILES string of the molecule is CC(C)P(=O)(C(C)C)P(C(C)(C)C)P(=O)(C(C)C)C(C)C. The van der Waals surface area contributed by atoms with Gasteiger partial charge in [-0.2, -0.15) is 0 Å².